The molecule has 0 radical (unpaired) electrons. The molecular weight excluding hydrogens is 477 g/mol. The maximum Gasteiger partial charge on any atom is 0.322 e. The van der Waals surface area contributed by atoms with E-state index in [1.54, 1.807) is 11.0 Å². The van der Waals surface area contributed by atoms with Crippen LogP contribution in [-0.4, -0.2) is 25.3 Å². The number of aromatic nitrogens is 3. The number of carbonyl (C=O) groups is 1. The third-order valence-electron chi connectivity index (χ3n) is 7.36. The van der Waals surface area contributed by atoms with Crippen LogP contribution in [0.15, 0.2) is 91.1 Å². The van der Waals surface area contributed by atoms with Gasteiger partial charge >= 0.3 is 6.03 Å². The van der Waals surface area contributed by atoms with E-state index in [9.17, 15) is 9.18 Å². The van der Waals surface area contributed by atoms with Crippen LogP contribution >= 0.6 is 0 Å². The Morgan fingerprint density at radius 1 is 0.947 bits per heavy atom. The monoisotopic (exact) mass is 505 g/mol. The first-order chi connectivity index (χ1) is 18.4. The predicted molar refractivity (Wildman–Crippen MR) is 146 cm³/mol. The van der Waals surface area contributed by atoms with E-state index in [0.717, 1.165) is 45.3 Å². The quantitative estimate of drug-likeness (QED) is 0.291. The van der Waals surface area contributed by atoms with Crippen molar-refractivity contribution in [2.75, 3.05) is 5.32 Å². The zero-order chi connectivity index (χ0) is 26.4. The number of aryl methyl sites for hydroxylation is 2. The van der Waals surface area contributed by atoms with Crippen molar-refractivity contribution in [3.63, 3.8) is 0 Å². The van der Waals surface area contributed by atoms with Crippen LogP contribution in [0.1, 0.15) is 39.7 Å². The maximum absolute atomic E-state index is 14.5. The number of nitrogens with one attached hydrogen (secondary N) is 1. The molecule has 3 aromatic carbocycles. The summed E-state index contributed by atoms with van der Waals surface area (Å²) in [5.41, 5.74) is 7.09. The molecule has 6 nitrogen and oxygen atoms in total. The summed E-state index contributed by atoms with van der Waals surface area (Å²) in [5.74, 6) is 0.529. The number of anilines is 1. The highest BCUT2D eigenvalue weighted by molar-refractivity contribution is 5.91. The Morgan fingerprint density at radius 3 is 2.53 bits per heavy atom. The molecule has 5 aromatic rings. The summed E-state index contributed by atoms with van der Waals surface area (Å²) in [6.45, 7) is 6.28. The smallest absolute Gasteiger partial charge is 0.308 e. The zero-order valence-corrected chi connectivity index (χ0v) is 21.5. The summed E-state index contributed by atoms with van der Waals surface area (Å²) in [4.78, 5) is 15.8. The van der Waals surface area contributed by atoms with E-state index in [-0.39, 0.29) is 11.8 Å². The molecule has 0 bridgehead atoms. The van der Waals surface area contributed by atoms with E-state index in [0.29, 0.717) is 12.1 Å². The first-order valence-electron chi connectivity index (χ1n) is 12.6. The summed E-state index contributed by atoms with van der Waals surface area (Å²) >= 11 is 0. The average Bonchev–Trinajstić information content (AvgIpc) is 3.47. The van der Waals surface area contributed by atoms with Gasteiger partial charge in [0.1, 0.15) is 11.6 Å². The first kappa shape index (κ1) is 23.7. The van der Waals surface area contributed by atoms with Crippen LogP contribution in [0.5, 0.6) is 0 Å². The molecule has 0 spiro atoms. The number of benzene rings is 3. The normalized spacial score (nSPS) is 14.5. The Hall–Kier alpha value is -4.65. The van der Waals surface area contributed by atoms with Gasteiger partial charge in [-0.1, -0.05) is 42.5 Å². The van der Waals surface area contributed by atoms with Crippen molar-refractivity contribution >= 4 is 11.7 Å². The number of urea groups is 1. The highest BCUT2D eigenvalue weighted by atomic mass is 19.1. The minimum Gasteiger partial charge on any atom is -0.308 e. The number of para-hydroxylation sites is 1. The van der Waals surface area contributed by atoms with Gasteiger partial charge in [0.05, 0.1) is 29.7 Å². The Balaban J connectivity index is 1.54. The number of fused-ring (bicyclic) bond motifs is 3. The molecule has 7 heteroatoms. The molecule has 2 aromatic heterocycles. The van der Waals surface area contributed by atoms with Gasteiger partial charge in [0.15, 0.2) is 0 Å². The topological polar surface area (TPSA) is 55.1 Å². The standard InChI is InChI=1S/C31H28FN5O/c1-20-10-7-15-27(21(20)2)33-31(38)36-19-26-22(3)34-37(25-13-5-4-6-14-25)30(26)35-17-9-16-28(35)29(36)23-11-8-12-24(32)18-23/h4-18,29H,19H2,1-3H3,(H,33,38)/t29-/m1/s1. The van der Waals surface area contributed by atoms with Gasteiger partial charge in [0.25, 0.3) is 0 Å². The van der Waals surface area contributed by atoms with Crippen LogP contribution in [-0.2, 0) is 6.54 Å². The number of amides is 2. The third kappa shape index (κ3) is 3.96. The van der Waals surface area contributed by atoms with Crippen molar-refractivity contribution in [3.05, 3.63) is 131 Å². The van der Waals surface area contributed by atoms with Crippen LogP contribution < -0.4 is 5.32 Å². The first-order valence-corrected chi connectivity index (χ1v) is 12.6. The van der Waals surface area contributed by atoms with Crippen molar-refractivity contribution in [1.29, 1.82) is 0 Å². The van der Waals surface area contributed by atoms with Crippen molar-refractivity contribution < 1.29 is 9.18 Å². The molecule has 1 aliphatic heterocycles. The van der Waals surface area contributed by atoms with E-state index < -0.39 is 6.04 Å². The fourth-order valence-electron chi connectivity index (χ4n) is 5.25. The second-order valence-corrected chi connectivity index (χ2v) is 9.70. The van der Waals surface area contributed by atoms with E-state index >= 15 is 0 Å². The molecular formula is C31H28FN5O. The molecule has 0 fully saturated rings. The van der Waals surface area contributed by atoms with Crippen LogP contribution in [0.2, 0.25) is 0 Å². The van der Waals surface area contributed by atoms with Gasteiger partial charge < -0.3 is 14.8 Å². The summed E-state index contributed by atoms with van der Waals surface area (Å²) < 4.78 is 18.5. The number of hydrogen-bond donors (Lipinski definition) is 1. The molecule has 1 aliphatic rings. The predicted octanol–water partition coefficient (Wildman–Crippen LogP) is 6.86. The highest BCUT2D eigenvalue weighted by Crippen LogP contribution is 2.39. The van der Waals surface area contributed by atoms with Gasteiger partial charge in [-0.2, -0.15) is 5.10 Å². The molecule has 38 heavy (non-hydrogen) atoms. The van der Waals surface area contributed by atoms with Crippen LogP contribution in [0, 0.1) is 26.6 Å². The Labute approximate surface area is 221 Å². The van der Waals surface area contributed by atoms with Gasteiger partial charge in [0, 0.05) is 17.4 Å². The molecule has 3 heterocycles. The lowest BCUT2D eigenvalue weighted by Crippen LogP contribution is -2.38. The van der Waals surface area contributed by atoms with Gasteiger partial charge in [-0.25, -0.2) is 13.9 Å². The van der Waals surface area contributed by atoms with E-state index in [1.165, 1.54) is 12.1 Å². The number of hydrogen-bond acceptors (Lipinski definition) is 2. The fraction of sp³-hybridized carbons (Fsp3) is 0.161. The molecule has 190 valence electrons. The van der Waals surface area contributed by atoms with Crippen molar-refractivity contribution in [2.24, 2.45) is 0 Å². The third-order valence-corrected chi connectivity index (χ3v) is 7.36. The minimum atomic E-state index is -0.526. The molecule has 0 saturated heterocycles. The highest BCUT2D eigenvalue weighted by Gasteiger charge is 2.36. The SMILES string of the molecule is Cc1cccc(NC(=O)N2Cc3c(C)nn(-c4ccccc4)c3-n3cccc3[C@H]2c2cccc(F)c2)c1C. The number of rotatable bonds is 3. The lowest BCUT2D eigenvalue weighted by molar-refractivity contribution is 0.194. The minimum absolute atomic E-state index is 0.263. The van der Waals surface area contributed by atoms with Crippen LogP contribution in [0.4, 0.5) is 14.9 Å². The Bertz CT molecular complexity index is 1650. The second kappa shape index (κ2) is 9.34. The van der Waals surface area contributed by atoms with Gasteiger partial charge in [-0.05, 0) is 79.9 Å². The largest absolute Gasteiger partial charge is 0.322 e. The Kier molecular flexibility index (Phi) is 5.83. The molecule has 1 N–H and O–H groups in total. The lowest BCUT2D eigenvalue weighted by atomic mass is 10.0. The molecule has 0 aliphatic carbocycles. The fourth-order valence-corrected chi connectivity index (χ4v) is 5.25. The summed E-state index contributed by atoms with van der Waals surface area (Å²) in [6, 6.07) is 25.4. The summed E-state index contributed by atoms with van der Waals surface area (Å²) in [6.07, 6.45) is 1.98. The molecule has 1 atom stereocenters. The average molecular weight is 506 g/mol. The molecule has 2 amide bonds. The Morgan fingerprint density at radius 2 is 1.74 bits per heavy atom. The zero-order valence-electron chi connectivity index (χ0n) is 21.5. The maximum atomic E-state index is 14.5. The summed E-state index contributed by atoms with van der Waals surface area (Å²) in [7, 11) is 0. The van der Waals surface area contributed by atoms with Crippen LogP contribution in [0.25, 0.3) is 11.5 Å². The van der Waals surface area contributed by atoms with Crippen LogP contribution in [0.3, 0.4) is 0 Å². The molecule has 0 unspecified atom stereocenters. The number of carbonyl (C=O) groups excluding carboxylic acids is 1. The number of nitrogens with zero attached hydrogens (tertiary/aromatic N) is 4. The van der Waals surface area contributed by atoms with Crippen molar-refractivity contribution in [2.45, 2.75) is 33.4 Å². The van der Waals surface area contributed by atoms with Crippen molar-refractivity contribution in [3.8, 4) is 11.5 Å². The number of halogens is 1. The summed E-state index contributed by atoms with van der Waals surface area (Å²) in [5, 5.41) is 8.01. The van der Waals surface area contributed by atoms with Gasteiger partial charge in [-0.3, -0.25) is 0 Å². The van der Waals surface area contributed by atoms with Crippen molar-refractivity contribution in [1.82, 2.24) is 19.2 Å². The van der Waals surface area contributed by atoms with E-state index in [1.807, 2.05) is 98.4 Å². The van der Waals surface area contributed by atoms with Gasteiger partial charge in [0.2, 0.25) is 0 Å². The molecule has 0 saturated carbocycles. The van der Waals surface area contributed by atoms with E-state index in [2.05, 4.69) is 9.88 Å². The van der Waals surface area contributed by atoms with E-state index in [4.69, 9.17) is 5.10 Å². The van der Waals surface area contributed by atoms with Gasteiger partial charge in [-0.15, -0.1) is 0 Å². The second-order valence-electron chi connectivity index (χ2n) is 9.70. The molecule has 6 rings (SSSR count). The lowest BCUT2D eigenvalue weighted by Gasteiger charge is -2.31.